The number of hydrogen-bond acceptors (Lipinski definition) is 5. The Bertz CT molecular complexity index is 1260. The van der Waals surface area contributed by atoms with Crippen LogP contribution in [0.25, 0.3) is 11.1 Å². The van der Waals surface area contributed by atoms with Crippen molar-refractivity contribution in [2.45, 2.75) is 26.0 Å². The predicted molar refractivity (Wildman–Crippen MR) is 120 cm³/mol. The molecule has 0 saturated carbocycles. The van der Waals surface area contributed by atoms with E-state index in [0.29, 0.717) is 22.4 Å². The third-order valence-electron chi connectivity index (χ3n) is 6.77. The Balaban J connectivity index is 1.38. The van der Waals surface area contributed by atoms with Gasteiger partial charge in [0.1, 0.15) is 18.1 Å². The Kier molecular flexibility index (Phi) is 4.94. The van der Waals surface area contributed by atoms with Gasteiger partial charge in [-0.25, -0.2) is 4.79 Å². The summed E-state index contributed by atoms with van der Waals surface area (Å²) >= 11 is 0. The number of β-lactam (4-membered cyclic amide) rings is 1. The lowest BCUT2D eigenvalue weighted by Crippen LogP contribution is -2.63. The molecule has 2 N–H and O–H groups in total. The summed E-state index contributed by atoms with van der Waals surface area (Å²) in [5, 5.41) is 19.7. The average molecular weight is 445 g/mol. The van der Waals surface area contributed by atoms with E-state index in [9.17, 15) is 24.6 Å². The molecular formula is C26H23NO6. The van der Waals surface area contributed by atoms with Crippen molar-refractivity contribution in [3.63, 3.8) is 0 Å². The van der Waals surface area contributed by atoms with Crippen LogP contribution in [0.4, 0.5) is 0 Å². The highest BCUT2D eigenvalue weighted by Crippen LogP contribution is 2.47. The number of aliphatic hydroxyl groups is 1. The fourth-order valence-electron chi connectivity index (χ4n) is 5.29. The molecule has 2 aromatic rings. The average Bonchev–Trinajstić information content (AvgIpc) is 3.21. The number of rotatable bonds is 6. The van der Waals surface area contributed by atoms with Crippen molar-refractivity contribution >= 4 is 17.7 Å². The highest BCUT2D eigenvalue weighted by Gasteiger charge is 2.59. The van der Waals surface area contributed by atoms with Gasteiger partial charge in [-0.2, -0.15) is 0 Å². The highest BCUT2D eigenvalue weighted by atomic mass is 16.5. The lowest BCUT2D eigenvalue weighted by molar-refractivity contribution is -0.163. The van der Waals surface area contributed by atoms with Crippen molar-refractivity contribution in [1.29, 1.82) is 0 Å². The van der Waals surface area contributed by atoms with E-state index >= 15 is 0 Å². The fraction of sp³-hybridized carbons (Fsp3) is 0.269. The summed E-state index contributed by atoms with van der Waals surface area (Å²) < 4.78 is 5.97. The van der Waals surface area contributed by atoms with Crippen LogP contribution in [0, 0.1) is 11.8 Å². The van der Waals surface area contributed by atoms with Crippen molar-refractivity contribution in [3.8, 4) is 16.9 Å². The topological polar surface area (TPSA) is 104 Å². The van der Waals surface area contributed by atoms with E-state index in [0.717, 1.165) is 11.1 Å². The van der Waals surface area contributed by atoms with Gasteiger partial charge >= 0.3 is 5.97 Å². The number of hydrogen-bond donors (Lipinski definition) is 2. The van der Waals surface area contributed by atoms with Gasteiger partial charge in [-0.1, -0.05) is 49.4 Å². The van der Waals surface area contributed by atoms with Gasteiger partial charge in [-0.15, -0.1) is 0 Å². The van der Waals surface area contributed by atoms with E-state index in [2.05, 4.69) is 0 Å². The highest BCUT2D eigenvalue weighted by molar-refractivity contribution is 6.22. The molecule has 5 rings (SSSR count). The summed E-state index contributed by atoms with van der Waals surface area (Å²) in [5.74, 6) is -1.80. The summed E-state index contributed by atoms with van der Waals surface area (Å²) in [7, 11) is 0. The van der Waals surface area contributed by atoms with E-state index in [-0.39, 0.29) is 36.0 Å². The van der Waals surface area contributed by atoms with Crippen LogP contribution in [0.2, 0.25) is 0 Å². The molecule has 0 spiro atoms. The van der Waals surface area contributed by atoms with Crippen molar-refractivity contribution in [2.24, 2.45) is 11.8 Å². The van der Waals surface area contributed by atoms with Crippen LogP contribution < -0.4 is 4.74 Å². The van der Waals surface area contributed by atoms with E-state index in [1.807, 2.05) is 25.1 Å². The maximum atomic E-state index is 12.7. The van der Waals surface area contributed by atoms with Gasteiger partial charge in [0.15, 0.2) is 5.78 Å². The van der Waals surface area contributed by atoms with Crippen LogP contribution in [0.1, 0.15) is 29.8 Å². The van der Waals surface area contributed by atoms with Crippen molar-refractivity contribution in [2.75, 3.05) is 6.61 Å². The zero-order chi connectivity index (χ0) is 23.4. The summed E-state index contributed by atoms with van der Waals surface area (Å²) in [5.41, 5.74) is 3.35. The zero-order valence-corrected chi connectivity index (χ0v) is 18.2. The van der Waals surface area contributed by atoms with Gasteiger partial charge in [-0.05, 0) is 30.2 Å². The summed E-state index contributed by atoms with van der Waals surface area (Å²) in [6.45, 7) is 3.58. The number of fused-ring (bicyclic) bond motifs is 4. The van der Waals surface area contributed by atoms with Crippen LogP contribution in [0.5, 0.6) is 5.75 Å². The molecule has 2 aliphatic heterocycles. The third-order valence-corrected chi connectivity index (χ3v) is 6.77. The van der Waals surface area contributed by atoms with Crippen LogP contribution in [-0.4, -0.2) is 51.5 Å². The first-order valence-electron chi connectivity index (χ1n) is 10.9. The molecule has 1 aliphatic carbocycles. The number of carboxylic acid groups (broad SMARTS) is 1. The van der Waals surface area contributed by atoms with Gasteiger partial charge in [0, 0.05) is 22.6 Å². The Morgan fingerprint density at radius 3 is 2.52 bits per heavy atom. The van der Waals surface area contributed by atoms with Gasteiger partial charge < -0.3 is 19.8 Å². The number of aliphatic hydroxyl groups excluding tert-OH is 1. The van der Waals surface area contributed by atoms with Gasteiger partial charge in [0.25, 0.3) is 0 Å². The number of allylic oxidation sites excluding steroid dienone is 1. The molecule has 2 heterocycles. The van der Waals surface area contributed by atoms with Gasteiger partial charge in [0.2, 0.25) is 5.91 Å². The van der Waals surface area contributed by atoms with E-state index < -0.39 is 18.0 Å². The van der Waals surface area contributed by atoms with Crippen molar-refractivity contribution in [3.05, 3.63) is 77.0 Å². The third kappa shape index (κ3) is 3.03. The lowest BCUT2D eigenvalue weighted by Gasteiger charge is -2.46. The second kappa shape index (κ2) is 7.71. The summed E-state index contributed by atoms with van der Waals surface area (Å²) in [4.78, 5) is 38.3. The molecule has 1 amide bonds. The zero-order valence-electron chi connectivity index (χ0n) is 18.2. The quantitative estimate of drug-likeness (QED) is 0.566. The van der Waals surface area contributed by atoms with Gasteiger partial charge in [0.05, 0.1) is 18.1 Å². The molecule has 7 heteroatoms. The lowest BCUT2D eigenvalue weighted by atomic mass is 9.78. The van der Waals surface area contributed by atoms with E-state index in [1.54, 1.807) is 43.3 Å². The number of ether oxygens (including phenoxy) is 1. The molecule has 1 fully saturated rings. The number of ketones is 1. The van der Waals surface area contributed by atoms with Crippen molar-refractivity contribution in [1.82, 2.24) is 4.90 Å². The van der Waals surface area contributed by atoms with E-state index in [1.165, 1.54) is 4.90 Å². The molecule has 7 nitrogen and oxygen atoms in total. The molecule has 0 bridgehead atoms. The number of carboxylic acids is 1. The van der Waals surface area contributed by atoms with Crippen LogP contribution >= 0.6 is 0 Å². The second-order valence-corrected chi connectivity index (χ2v) is 8.63. The van der Waals surface area contributed by atoms with E-state index in [4.69, 9.17) is 4.74 Å². The molecule has 33 heavy (non-hydrogen) atoms. The molecule has 4 atom stereocenters. The first-order valence-corrected chi connectivity index (χ1v) is 10.9. The second-order valence-electron chi connectivity index (χ2n) is 8.63. The number of benzene rings is 2. The summed E-state index contributed by atoms with van der Waals surface area (Å²) in [6.07, 6.45) is 2.56. The standard InChI is InChI=1S/C26H23NO6/c1-13-15(23(26(31)32)27-22(13)20(14(2)28)25(27)30)10-6-12-33-19-11-5-9-18-21(19)16-7-3-4-8-17(16)24(18)29/h3-11,13-14,20,22,28H,12H2,1-2H3,(H,31,32)/b10-6+/t13-,14?,20?,22?/m0/s1. The number of carbonyl (C=O) groups is 3. The van der Waals surface area contributed by atoms with Gasteiger partial charge in [-0.3, -0.25) is 9.59 Å². The Hall–Kier alpha value is -3.71. The monoisotopic (exact) mass is 445 g/mol. The maximum Gasteiger partial charge on any atom is 0.352 e. The predicted octanol–water partition coefficient (Wildman–Crippen LogP) is 3.03. The molecule has 0 radical (unpaired) electrons. The fourth-order valence-corrected chi connectivity index (χ4v) is 5.29. The maximum absolute atomic E-state index is 12.7. The molecular weight excluding hydrogens is 422 g/mol. The molecule has 2 aromatic carbocycles. The van der Waals surface area contributed by atoms with Crippen LogP contribution in [-0.2, 0) is 9.59 Å². The molecule has 1 saturated heterocycles. The first-order chi connectivity index (χ1) is 15.8. The Labute approximate surface area is 190 Å². The summed E-state index contributed by atoms with van der Waals surface area (Å²) in [6, 6.07) is 12.4. The molecule has 0 aromatic heterocycles. The number of aliphatic carboxylic acids is 1. The Morgan fingerprint density at radius 2 is 1.82 bits per heavy atom. The normalized spacial score (nSPS) is 24.0. The first kappa shape index (κ1) is 21.2. The number of nitrogens with zero attached hydrogens (tertiary/aromatic N) is 1. The Morgan fingerprint density at radius 1 is 1.12 bits per heavy atom. The number of carbonyl (C=O) groups excluding carboxylic acids is 2. The van der Waals surface area contributed by atoms with Crippen molar-refractivity contribution < 1.29 is 29.3 Å². The van der Waals surface area contributed by atoms with Crippen LogP contribution in [0.3, 0.4) is 0 Å². The molecule has 168 valence electrons. The smallest absolute Gasteiger partial charge is 0.352 e. The number of amides is 1. The SMILES string of the molecule is CC(O)C1C(=O)N2C(C(=O)O)=C(/C=C/COc3cccc4c3-c3ccccc3C4=O)[C@H](C)C12. The molecule has 3 unspecified atom stereocenters. The largest absolute Gasteiger partial charge is 0.489 e. The minimum absolute atomic E-state index is 0.0283. The van der Waals surface area contributed by atoms with Crippen LogP contribution in [0.15, 0.2) is 65.9 Å². The molecule has 3 aliphatic rings. The minimum Gasteiger partial charge on any atom is -0.489 e. The minimum atomic E-state index is -1.17.